The lowest BCUT2D eigenvalue weighted by molar-refractivity contribution is 0.0163. The summed E-state index contributed by atoms with van der Waals surface area (Å²) in [6, 6.07) is 4.36. The highest BCUT2D eigenvalue weighted by molar-refractivity contribution is 7.10. The maximum atomic E-state index is 12.2. The molecule has 1 heterocycles. The molecule has 0 saturated heterocycles. The van der Waals surface area contributed by atoms with Crippen LogP contribution in [-0.2, 0) is 4.74 Å². The van der Waals surface area contributed by atoms with E-state index in [-0.39, 0.29) is 18.7 Å². The lowest BCUT2D eigenvalue weighted by atomic mass is 10.2. The molecule has 1 aromatic heterocycles. The molecule has 2 atom stereocenters. The summed E-state index contributed by atoms with van der Waals surface area (Å²) in [6.45, 7) is 10.7. The van der Waals surface area contributed by atoms with Gasteiger partial charge in [0.25, 0.3) is 0 Å². The predicted molar refractivity (Wildman–Crippen MR) is 90.2 cm³/mol. The molecule has 2 unspecified atom stereocenters. The fourth-order valence-corrected chi connectivity index (χ4v) is 2.72. The largest absolute Gasteiger partial charge is 0.444 e. The zero-order valence-electron chi connectivity index (χ0n) is 14.1. The van der Waals surface area contributed by atoms with E-state index in [1.807, 2.05) is 32.2 Å². The van der Waals surface area contributed by atoms with E-state index in [2.05, 4.69) is 18.3 Å². The van der Waals surface area contributed by atoms with Crippen LogP contribution in [-0.4, -0.2) is 47.4 Å². The number of amides is 1. The molecular formula is C16H28N2O3S. The van der Waals surface area contributed by atoms with Crippen LogP contribution in [0.3, 0.4) is 0 Å². The summed E-state index contributed by atoms with van der Waals surface area (Å²) >= 11 is 1.71. The van der Waals surface area contributed by atoms with Crippen molar-refractivity contribution < 1.29 is 14.6 Å². The molecule has 0 saturated carbocycles. The van der Waals surface area contributed by atoms with Gasteiger partial charge in [0.15, 0.2) is 0 Å². The third kappa shape index (κ3) is 7.24. The van der Waals surface area contributed by atoms with Gasteiger partial charge in [-0.25, -0.2) is 4.79 Å². The molecule has 0 aliphatic rings. The Hall–Kier alpha value is -1.11. The minimum atomic E-state index is -0.581. The summed E-state index contributed by atoms with van der Waals surface area (Å²) in [4.78, 5) is 15.0. The Kier molecular flexibility index (Phi) is 7.32. The first kappa shape index (κ1) is 18.9. The molecule has 1 rings (SSSR count). The Bertz CT molecular complexity index is 441. The minimum absolute atomic E-state index is 0.243. The molecule has 0 radical (unpaired) electrons. The number of hydrogen-bond donors (Lipinski definition) is 2. The van der Waals surface area contributed by atoms with Crippen molar-refractivity contribution in [2.75, 3.05) is 19.6 Å². The highest BCUT2D eigenvalue weighted by Crippen LogP contribution is 2.17. The number of nitrogens with one attached hydrogen (secondary N) is 1. The molecule has 1 amide bonds. The molecule has 0 spiro atoms. The normalized spacial score (nSPS) is 14.5. The zero-order valence-corrected chi connectivity index (χ0v) is 14.9. The molecule has 5 nitrogen and oxygen atoms in total. The Balaban J connectivity index is 2.49. The maximum absolute atomic E-state index is 12.2. The number of ether oxygens (including phenoxy) is 1. The van der Waals surface area contributed by atoms with E-state index in [0.717, 1.165) is 0 Å². The first-order valence-corrected chi connectivity index (χ1v) is 8.50. The van der Waals surface area contributed by atoms with Gasteiger partial charge in [-0.05, 0) is 46.1 Å². The number of hydrogen-bond acceptors (Lipinski definition) is 5. The van der Waals surface area contributed by atoms with Crippen LogP contribution in [0.5, 0.6) is 0 Å². The Morgan fingerprint density at radius 2 is 2.14 bits per heavy atom. The maximum Gasteiger partial charge on any atom is 0.410 e. The van der Waals surface area contributed by atoms with Gasteiger partial charge in [0, 0.05) is 30.6 Å². The lowest BCUT2D eigenvalue weighted by Crippen LogP contribution is -2.43. The molecule has 1 aromatic rings. The average molecular weight is 328 g/mol. The van der Waals surface area contributed by atoms with E-state index in [9.17, 15) is 9.90 Å². The van der Waals surface area contributed by atoms with Crippen LogP contribution in [0.4, 0.5) is 4.79 Å². The van der Waals surface area contributed by atoms with Gasteiger partial charge in [-0.2, -0.15) is 0 Å². The molecule has 2 N–H and O–H groups in total. The van der Waals surface area contributed by atoms with Crippen LogP contribution in [0.2, 0.25) is 0 Å². The summed E-state index contributed by atoms with van der Waals surface area (Å²) in [6.07, 6.45) is -0.971. The van der Waals surface area contributed by atoms with Gasteiger partial charge < -0.3 is 20.1 Å². The van der Waals surface area contributed by atoms with Gasteiger partial charge >= 0.3 is 6.09 Å². The minimum Gasteiger partial charge on any atom is -0.444 e. The van der Waals surface area contributed by atoms with Crippen LogP contribution >= 0.6 is 11.3 Å². The second-order valence-corrected chi connectivity index (χ2v) is 7.45. The van der Waals surface area contributed by atoms with E-state index in [1.54, 1.807) is 23.2 Å². The van der Waals surface area contributed by atoms with E-state index < -0.39 is 11.7 Å². The summed E-state index contributed by atoms with van der Waals surface area (Å²) in [5.74, 6) is 0. The van der Waals surface area contributed by atoms with Crippen LogP contribution < -0.4 is 5.32 Å². The first-order chi connectivity index (χ1) is 10.2. The molecule has 6 heteroatoms. The standard InChI is InChI=1S/C16H28N2O3S/c1-12(19)11-18(15(20)21-16(3,4)5)9-8-17-13(2)14-7-6-10-22-14/h6-7,10,12-13,17,19H,8-9,11H2,1-5H3. The highest BCUT2D eigenvalue weighted by Gasteiger charge is 2.23. The molecule has 0 fully saturated rings. The van der Waals surface area contributed by atoms with E-state index in [0.29, 0.717) is 13.1 Å². The van der Waals surface area contributed by atoms with Gasteiger partial charge in [0.1, 0.15) is 5.60 Å². The predicted octanol–water partition coefficient (Wildman–Crippen LogP) is 3.02. The van der Waals surface area contributed by atoms with Gasteiger partial charge in [0.05, 0.1) is 6.10 Å². The topological polar surface area (TPSA) is 61.8 Å². The number of rotatable bonds is 7. The number of nitrogens with zero attached hydrogens (tertiary/aromatic N) is 1. The van der Waals surface area contributed by atoms with E-state index in [4.69, 9.17) is 4.74 Å². The van der Waals surface area contributed by atoms with Crippen molar-refractivity contribution in [3.63, 3.8) is 0 Å². The van der Waals surface area contributed by atoms with Crippen LogP contribution in [0, 0.1) is 0 Å². The van der Waals surface area contributed by atoms with Crippen LogP contribution in [0.25, 0.3) is 0 Å². The number of aliphatic hydroxyl groups is 1. The van der Waals surface area contributed by atoms with Crippen LogP contribution in [0.1, 0.15) is 45.5 Å². The number of aliphatic hydroxyl groups excluding tert-OH is 1. The van der Waals surface area contributed by atoms with Gasteiger partial charge in [0.2, 0.25) is 0 Å². The van der Waals surface area contributed by atoms with E-state index >= 15 is 0 Å². The third-order valence-corrected chi connectivity index (χ3v) is 3.99. The monoisotopic (exact) mass is 328 g/mol. The first-order valence-electron chi connectivity index (χ1n) is 7.62. The fourth-order valence-electron chi connectivity index (χ4n) is 1.96. The van der Waals surface area contributed by atoms with Crippen molar-refractivity contribution >= 4 is 17.4 Å². The van der Waals surface area contributed by atoms with Gasteiger partial charge in [-0.3, -0.25) is 0 Å². The van der Waals surface area contributed by atoms with Gasteiger partial charge in [-0.15, -0.1) is 11.3 Å². The summed E-state index contributed by atoms with van der Waals surface area (Å²) in [7, 11) is 0. The molecule has 126 valence electrons. The number of carbonyl (C=O) groups is 1. The molecule has 0 bridgehead atoms. The van der Waals surface area contributed by atoms with Crippen molar-refractivity contribution in [3.05, 3.63) is 22.4 Å². The van der Waals surface area contributed by atoms with Crippen molar-refractivity contribution in [1.29, 1.82) is 0 Å². The van der Waals surface area contributed by atoms with Crippen molar-refractivity contribution in [3.8, 4) is 0 Å². The number of thiophene rings is 1. The highest BCUT2D eigenvalue weighted by atomic mass is 32.1. The lowest BCUT2D eigenvalue weighted by Gasteiger charge is -2.28. The van der Waals surface area contributed by atoms with Crippen molar-refractivity contribution in [1.82, 2.24) is 10.2 Å². The zero-order chi connectivity index (χ0) is 16.8. The molecule has 0 aromatic carbocycles. The van der Waals surface area contributed by atoms with Gasteiger partial charge in [-0.1, -0.05) is 6.07 Å². The van der Waals surface area contributed by atoms with E-state index in [1.165, 1.54) is 4.88 Å². The Morgan fingerprint density at radius 3 is 2.64 bits per heavy atom. The van der Waals surface area contributed by atoms with Crippen molar-refractivity contribution in [2.24, 2.45) is 0 Å². The second kappa shape index (κ2) is 8.50. The summed E-state index contributed by atoms with van der Waals surface area (Å²) in [5, 5.41) is 15.0. The van der Waals surface area contributed by atoms with Crippen molar-refractivity contribution in [2.45, 2.75) is 52.4 Å². The van der Waals surface area contributed by atoms with Crippen LogP contribution in [0.15, 0.2) is 17.5 Å². The molecule has 0 aliphatic heterocycles. The second-order valence-electron chi connectivity index (χ2n) is 6.47. The molecular weight excluding hydrogens is 300 g/mol. The molecule has 22 heavy (non-hydrogen) atoms. The smallest absolute Gasteiger partial charge is 0.410 e. The number of carbonyl (C=O) groups excluding carboxylic acids is 1. The fraction of sp³-hybridized carbons (Fsp3) is 0.688. The summed E-state index contributed by atoms with van der Waals surface area (Å²) in [5.41, 5.74) is -0.536. The Morgan fingerprint density at radius 1 is 1.45 bits per heavy atom. The quantitative estimate of drug-likeness (QED) is 0.808. The SMILES string of the molecule is CC(O)CN(CCNC(C)c1cccs1)C(=O)OC(C)(C)C. The molecule has 0 aliphatic carbocycles. The Labute approximate surface area is 137 Å². The third-order valence-electron chi connectivity index (χ3n) is 2.94. The average Bonchev–Trinajstić information content (AvgIpc) is 2.88. The summed E-state index contributed by atoms with van der Waals surface area (Å²) < 4.78 is 5.38.